The van der Waals surface area contributed by atoms with Crippen molar-refractivity contribution in [2.45, 2.75) is 26.2 Å². The average Bonchev–Trinajstić information content (AvgIpc) is 2.45. The van der Waals surface area contributed by atoms with E-state index in [4.69, 9.17) is 5.11 Å². The highest BCUT2D eigenvalue weighted by Crippen LogP contribution is 2.11. The van der Waals surface area contributed by atoms with Crippen LogP contribution in [0.2, 0.25) is 0 Å². The van der Waals surface area contributed by atoms with Crippen LogP contribution in [0.15, 0.2) is 12.1 Å². The molecule has 0 saturated heterocycles. The molecule has 1 unspecified atom stereocenters. The number of aromatic nitrogens is 2. The quantitative estimate of drug-likeness (QED) is 0.754. The summed E-state index contributed by atoms with van der Waals surface area (Å²) in [7, 11) is 3.32. The summed E-state index contributed by atoms with van der Waals surface area (Å²) in [5.41, 5.74) is 0.306. The molecule has 0 spiro atoms. The number of nitrogens with zero attached hydrogens (tertiary/aromatic N) is 3. The molecule has 0 aliphatic rings. The summed E-state index contributed by atoms with van der Waals surface area (Å²) in [4.78, 5) is 23.6. The Kier molecular flexibility index (Phi) is 6.58. The van der Waals surface area contributed by atoms with Gasteiger partial charge in [0.25, 0.3) is 5.91 Å². The molecule has 1 heterocycles. The largest absolute Gasteiger partial charge is 0.481 e. The minimum Gasteiger partial charge on any atom is -0.481 e. The minimum atomic E-state index is -0.762. The predicted molar refractivity (Wildman–Crippen MR) is 79.2 cm³/mol. The molecule has 0 saturated carbocycles. The van der Waals surface area contributed by atoms with E-state index in [0.717, 1.165) is 6.42 Å². The van der Waals surface area contributed by atoms with Crippen molar-refractivity contribution >= 4 is 17.7 Å². The Morgan fingerprint density at radius 2 is 2.00 bits per heavy atom. The lowest BCUT2D eigenvalue weighted by molar-refractivity contribution is -0.137. The highest BCUT2D eigenvalue weighted by molar-refractivity contribution is 5.91. The van der Waals surface area contributed by atoms with E-state index in [1.54, 1.807) is 26.2 Å². The first-order valence-electron chi connectivity index (χ1n) is 6.91. The van der Waals surface area contributed by atoms with Crippen molar-refractivity contribution in [2.75, 3.05) is 26.0 Å². The predicted octanol–water partition coefficient (Wildman–Crippen LogP) is 1.48. The standard InChI is InChI=1S/C14H22N4O3/c1-10(4-7-13(19)20)8-9-15-12-6-5-11(16-17-12)14(21)18(2)3/h5-6,10H,4,7-9H2,1-3H3,(H,15,17)(H,19,20). The van der Waals surface area contributed by atoms with Crippen LogP contribution in [-0.4, -0.2) is 52.7 Å². The highest BCUT2D eigenvalue weighted by atomic mass is 16.4. The van der Waals surface area contributed by atoms with Crippen LogP contribution >= 0.6 is 0 Å². The molecule has 7 nitrogen and oxygen atoms in total. The van der Waals surface area contributed by atoms with E-state index in [-0.39, 0.29) is 12.3 Å². The van der Waals surface area contributed by atoms with Gasteiger partial charge in [-0.25, -0.2) is 0 Å². The molecule has 0 aliphatic heterocycles. The van der Waals surface area contributed by atoms with Crippen molar-refractivity contribution in [3.8, 4) is 0 Å². The van der Waals surface area contributed by atoms with Crippen molar-refractivity contribution in [3.05, 3.63) is 17.8 Å². The molecule has 1 rings (SSSR count). The summed E-state index contributed by atoms with van der Waals surface area (Å²) in [5.74, 6) is -0.00920. The van der Waals surface area contributed by atoms with Crippen LogP contribution in [0.25, 0.3) is 0 Å². The van der Waals surface area contributed by atoms with Gasteiger partial charge < -0.3 is 15.3 Å². The third kappa shape index (κ3) is 6.20. The molecule has 116 valence electrons. The maximum atomic E-state index is 11.6. The number of anilines is 1. The van der Waals surface area contributed by atoms with Gasteiger partial charge in [-0.2, -0.15) is 0 Å². The van der Waals surface area contributed by atoms with E-state index in [9.17, 15) is 9.59 Å². The Hall–Kier alpha value is -2.18. The molecular formula is C14H22N4O3. The second-order valence-corrected chi connectivity index (χ2v) is 5.26. The number of nitrogens with one attached hydrogen (secondary N) is 1. The number of carbonyl (C=O) groups excluding carboxylic acids is 1. The molecule has 1 aromatic rings. The van der Waals surface area contributed by atoms with E-state index in [2.05, 4.69) is 15.5 Å². The SMILES string of the molecule is CC(CCNc1ccc(C(=O)N(C)C)nn1)CCC(=O)O. The molecule has 7 heteroatoms. The first kappa shape index (κ1) is 16.9. The fraction of sp³-hybridized carbons (Fsp3) is 0.571. The van der Waals surface area contributed by atoms with Crippen LogP contribution in [0.4, 0.5) is 5.82 Å². The number of rotatable bonds is 8. The number of carboxylic acids is 1. The van der Waals surface area contributed by atoms with Crippen molar-refractivity contribution in [1.29, 1.82) is 0 Å². The van der Waals surface area contributed by atoms with Gasteiger partial charge in [-0.1, -0.05) is 6.92 Å². The lowest BCUT2D eigenvalue weighted by Crippen LogP contribution is -2.23. The maximum absolute atomic E-state index is 11.6. The van der Waals surface area contributed by atoms with E-state index in [1.807, 2.05) is 6.92 Å². The van der Waals surface area contributed by atoms with E-state index in [0.29, 0.717) is 30.4 Å². The molecular weight excluding hydrogens is 272 g/mol. The fourth-order valence-corrected chi connectivity index (χ4v) is 1.73. The summed E-state index contributed by atoms with van der Waals surface area (Å²) in [6, 6.07) is 3.34. The van der Waals surface area contributed by atoms with Crippen molar-refractivity contribution in [1.82, 2.24) is 15.1 Å². The first-order chi connectivity index (χ1) is 9.90. The number of amides is 1. The zero-order valence-corrected chi connectivity index (χ0v) is 12.7. The number of carbonyl (C=O) groups is 2. The normalized spacial score (nSPS) is 11.8. The minimum absolute atomic E-state index is 0.184. The topological polar surface area (TPSA) is 95.4 Å². The lowest BCUT2D eigenvalue weighted by atomic mass is 10.0. The highest BCUT2D eigenvalue weighted by Gasteiger charge is 2.10. The first-order valence-corrected chi connectivity index (χ1v) is 6.91. The Morgan fingerprint density at radius 1 is 1.29 bits per heavy atom. The van der Waals surface area contributed by atoms with Gasteiger partial charge in [-0.05, 0) is 30.9 Å². The van der Waals surface area contributed by atoms with Crippen LogP contribution in [0.5, 0.6) is 0 Å². The van der Waals surface area contributed by atoms with Gasteiger partial charge >= 0.3 is 5.97 Å². The molecule has 1 amide bonds. The molecule has 0 fully saturated rings. The summed E-state index contributed by atoms with van der Waals surface area (Å²) in [5, 5.41) is 19.5. The number of hydrogen-bond acceptors (Lipinski definition) is 5. The van der Waals surface area contributed by atoms with Gasteiger partial charge in [0.1, 0.15) is 5.82 Å². The van der Waals surface area contributed by atoms with Gasteiger partial charge in [0.2, 0.25) is 0 Å². The summed E-state index contributed by atoms with van der Waals surface area (Å²) < 4.78 is 0. The third-order valence-corrected chi connectivity index (χ3v) is 3.08. The molecule has 1 atom stereocenters. The average molecular weight is 294 g/mol. The molecule has 2 N–H and O–H groups in total. The van der Waals surface area contributed by atoms with Gasteiger partial charge in [0, 0.05) is 27.1 Å². The second-order valence-electron chi connectivity index (χ2n) is 5.26. The molecule has 0 aromatic carbocycles. The second kappa shape index (κ2) is 8.18. The van der Waals surface area contributed by atoms with Gasteiger partial charge in [0.05, 0.1) is 0 Å². The Bertz CT molecular complexity index is 474. The summed E-state index contributed by atoms with van der Waals surface area (Å²) >= 11 is 0. The van der Waals surface area contributed by atoms with Gasteiger partial charge in [-0.3, -0.25) is 9.59 Å². The lowest BCUT2D eigenvalue weighted by Gasteiger charge is -2.11. The summed E-state index contributed by atoms with van der Waals surface area (Å²) in [6.07, 6.45) is 1.72. The zero-order chi connectivity index (χ0) is 15.8. The van der Waals surface area contributed by atoms with Gasteiger partial charge in [-0.15, -0.1) is 10.2 Å². The molecule has 0 aliphatic carbocycles. The Labute approximate surface area is 124 Å². The molecule has 0 radical (unpaired) electrons. The van der Waals surface area contributed by atoms with E-state index in [1.165, 1.54) is 4.90 Å². The molecule has 21 heavy (non-hydrogen) atoms. The van der Waals surface area contributed by atoms with Crippen molar-refractivity contribution < 1.29 is 14.7 Å². The van der Waals surface area contributed by atoms with Crippen LogP contribution < -0.4 is 5.32 Å². The van der Waals surface area contributed by atoms with E-state index >= 15 is 0 Å². The zero-order valence-electron chi connectivity index (χ0n) is 12.7. The number of aliphatic carboxylic acids is 1. The van der Waals surface area contributed by atoms with Crippen LogP contribution in [-0.2, 0) is 4.79 Å². The molecule has 0 bridgehead atoms. The number of hydrogen-bond donors (Lipinski definition) is 2. The smallest absolute Gasteiger partial charge is 0.303 e. The maximum Gasteiger partial charge on any atom is 0.303 e. The van der Waals surface area contributed by atoms with Gasteiger partial charge in [0.15, 0.2) is 5.69 Å². The fourth-order valence-electron chi connectivity index (χ4n) is 1.73. The van der Waals surface area contributed by atoms with E-state index < -0.39 is 5.97 Å². The van der Waals surface area contributed by atoms with Crippen molar-refractivity contribution in [2.24, 2.45) is 5.92 Å². The van der Waals surface area contributed by atoms with Crippen LogP contribution in [0.1, 0.15) is 36.7 Å². The van der Waals surface area contributed by atoms with Crippen LogP contribution in [0.3, 0.4) is 0 Å². The summed E-state index contributed by atoms with van der Waals surface area (Å²) in [6.45, 7) is 2.71. The molecule has 1 aromatic heterocycles. The Morgan fingerprint density at radius 3 is 2.52 bits per heavy atom. The monoisotopic (exact) mass is 294 g/mol. The third-order valence-electron chi connectivity index (χ3n) is 3.08. The van der Waals surface area contributed by atoms with Crippen molar-refractivity contribution in [3.63, 3.8) is 0 Å². The Balaban J connectivity index is 2.36. The number of carboxylic acid groups (broad SMARTS) is 1. The van der Waals surface area contributed by atoms with Crippen LogP contribution in [0, 0.1) is 5.92 Å².